The van der Waals surface area contributed by atoms with E-state index in [9.17, 15) is 0 Å². The van der Waals surface area contributed by atoms with Gasteiger partial charge in [-0.15, -0.1) is 0 Å². The normalized spacial score (nSPS) is 11.8. The smallest absolute Gasteiger partial charge is 0.0776 e. The molecule has 0 heterocycles. The van der Waals surface area contributed by atoms with Crippen molar-refractivity contribution in [3.05, 3.63) is 174 Å². The van der Waals surface area contributed by atoms with E-state index in [1.807, 2.05) is 0 Å². The summed E-state index contributed by atoms with van der Waals surface area (Å²) in [5.74, 6) is 0. The molecule has 0 radical (unpaired) electrons. The molecule has 0 aromatic heterocycles. The molecule has 256 valence electrons. The van der Waals surface area contributed by atoms with Gasteiger partial charge in [-0.1, -0.05) is 116 Å². The van der Waals surface area contributed by atoms with Gasteiger partial charge in [0.2, 0.25) is 0 Å². The van der Waals surface area contributed by atoms with E-state index in [1.165, 1.54) is 71.1 Å². The molecule has 0 N–H and O–H groups in total. The van der Waals surface area contributed by atoms with Crippen molar-refractivity contribution >= 4 is 79.7 Å². The predicted molar refractivity (Wildman–Crippen MR) is 230 cm³/mol. The van der Waals surface area contributed by atoms with Gasteiger partial charge in [0.05, 0.1) is 19.4 Å². The number of fused-ring (bicyclic) bond motifs is 3. The third-order valence-electron chi connectivity index (χ3n) is 10.8. The van der Waals surface area contributed by atoms with Crippen molar-refractivity contribution in [3.63, 3.8) is 0 Å². The average molecular weight is 691 g/mol. The summed E-state index contributed by atoms with van der Waals surface area (Å²) >= 11 is 0. The van der Waals surface area contributed by atoms with Crippen LogP contribution in [0.15, 0.2) is 152 Å². The Morgan fingerprint density at radius 1 is 0.346 bits per heavy atom. The zero-order chi connectivity index (χ0) is 36.1. The monoisotopic (exact) mass is 690 g/mol. The van der Waals surface area contributed by atoms with E-state index < -0.39 is 8.07 Å². The van der Waals surface area contributed by atoms with Crippen molar-refractivity contribution in [2.24, 2.45) is 0 Å². The van der Waals surface area contributed by atoms with Gasteiger partial charge in [-0.25, -0.2) is 0 Å². The summed E-state index contributed by atoms with van der Waals surface area (Å²) in [5.41, 5.74) is 12.1. The van der Waals surface area contributed by atoms with Crippen molar-refractivity contribution in [2.75, 3.05) is 9.80 Å². The summed E-state index contributed by atoms with van der Waals surface area (Å²) in [5, 5.41) is 8.84. The van der Waals surface area contributed by atoms with Crippen LogP contribution >= 0.6 is 0 Å². The van der Waals surface area contributed by atoms with Crippen LogP contribution in [-0.4, -0.2) is 8.07 Å². The Hall–Kier alpha value is -5.64. The fourth-order valence-electron chi connectivity index (χ4n) is 7.53. The van der Waals surface area contributed by atoms with Gasteiger partial charge in [0.25, 0.3) is 0 Å². The number of para-hydroxylation sites is 2. The van der Waals surface area contributed by atoms with Gasteiger partial charge >= 0.3 is 0 Å². The third-order valence-corrected chi connectivity index (χ3v) is 12.8. The Morgan fingerprint density at radius 3 is 1.31 bits per heavy atom. The molecule has 0 bridgehead atoms. The van der Waals surface area contributed by atoms with Crippen molar-refractivity contribution in [3.8, 4) is 0 Å². The standard InChI is InChI=1S/C49H46N2Si/c1-33-22-24-41(28-35(33)3)50(39-17-10-8-11-18-39)48-44-21-15-14-16-37(44)31-46-47(48)32-38-30-43(52(5,6)7)26-27-45(38)49(46)51(40-19-12-9-13-20-40)42-25-23-34(2)36(4)29-42/h8-32H,1-7H3. The quantitative estimate of drug-likeness (QED) is 0.121. The minimum atomic E-state index is -1.62. The second-order valence-corrected chi connectivity index (χ2v) is 20.4. The first-order valence-corrected chi connectivity index (χ1v) is 21.9. The van der Waals surface area contributed by atoms with E-state index in [0.717, 1.165) is 22.7 Å². The number of anilines is 6. The maximum atomic E-state index is 2.49. The second-order valence-electron chi connectivity index (χ2n) is 15.3. The fraction of sp³-hybridized carbons (Fsp3) is 0.143. The van der Waals surface area contributed by atoms with E-state index in [4.69, 9.17) is 0 Å². The molecule has 0 saturated heterocycles. The zero-order valence-electron chi connectivity index (χ0n) is 31.3. The molecule has 0 atom stereocenters. The van der Waals surface area contributed by atoms with Gasteiger partial charge in [-0.05, 0) is 121 Å². The molecule has 0 aliphatic heterocycles. The highest BCUT2D eigenvalue weighted by atomic mass is 28.3. The molecular formula is C49H46N2Si. The van der Waals surface area contributed by atoms with Gasteiger partial charge in [0.1, 0.15) is 0 Å². The van der Waals surface area contributed by atoms with Crippen LogP contribution < -0.4 is 15.0 Å². The summed E-state index contributed by atoms with van der Waals surface area (Å²) in [6, 6.07) is 56.6. The van der Waals surface area contributed by atoms with Gasteiger partial charge in [-0.3, -0.25) is 0 Å². The number of rotatable bonds is 7. The predicted octanol–water partition coefficient (Wildman–Crippen LogP) is 13.9. The molecule has 52 heavy (non-hydrogen) atoms. The zero-order valence-corrected chi connectivity index (χ0v) is 32.3. The average Bonchev–Trinajstić information content (AvgIpc) is 3.14. The summed E-state index contributed by atoms with van der Waals surface area (Å²) in [7, 11) is -1.62. The molecule has 0 unspecified atom stereocenters. The van der Waals surface area contributed by atoms with Gasteiger partial charge in [0.15, 0.2) is 0 Å². The summed E-state index contributed by atoms with van der Waals surface area (Å²) in [6.07, 6.45) is 0. The van der Waals surface area contributed by atoms with E-state index in [0.29, 0.717) is 0 Å². The minimum absolute atomic E-state index is 1.13. The van der Waals surface area contributed by atoms with Gasteiger partial charge < -0.3 is 9.80 Å². The van der Waals surface area contributed by atoms with Crippen LogP contribution in [0, 0.1) is 27.7 Å². The summed E-state index contributed by atoms with van der Waals surface area (Å²) in [4.78, 5) is 4.98. The largest absolute Gasteiger partial charge is 0.309 e. The Kier molecular flexibility index (Phi) is 8.48. The molecule has 0 fully saturated rings. The molecule has 2 nitrogen and oxygen atoms in total. The number of aryl methyl sites for hydroxylation is 4. The number of hydrogen-bond acceptors (Lipinski definition) is 2. The summed E-state index contributed by atoms with van der Waals surface area (Å²) < 4.78 is 0. The molecular weight excluding hydrogens is 645 g/mol. The van der Waals surface area contributed by atoms with Crippen LogP contribution in [-0.2, 0) is 0 Å². The molecule has 8 aromatic rings. The molecule has 0 aliphatic carbocycles. The topological polar surface area (TPSA) is 6.48 Å². The molecule has 0 amide bonds. The first-order chi connectivity index (χ1) is 25.1. The maximum absolute atomic E-state index is 2.49. The summed E-state index contributed by atoms with van der Waals surface area (Å²) in [6.45, 7) is 16.1. The molecule has 0 saturated carbocycles. The first kappa shape index (κ1) is 33.5. The Bertz CT molecular complexity index is 2600. The third kappa shape index (κ3) is 5.95. The lowest BCUT2D eigenvalue weighted by Gasteiger charge is -2.32. The van der Waals surface area contributed by atoms with Crippen molar-refractivity contribution < 1.29 is 0 Å². The Balaban J connectivity index is 1.59. The van der Waals surface area contributed by atoms with Crippen LogP contribution in [0.2, 0.25) is 19.6 Å². The van der Waals surface area contributed by atoms with E-state index in [-0.39, 0.29) is 0 Å². The number of nitrogens with zero attached hydrogens (tertiary/aromatic N) is 2. The maximum Gasteiger partial charge on any atom is 0.0776 e. The molecule has 3 heteroatoms. The molecule has 8 rings (SSSR count). The van der Waals surface area contributed by atoms with Gasteiger partial charge in [-0.2, -0.15) is 0 Å². The van der Waals surface area contributed by atoms with E-state index in [1.54, 1.807) is 0 Å². The van der Waals surface area contributed by atoms with Crippen LogP contribution in [0.4, 0.5) is 34.1 Å². The number of hydrogen-bond donors (Lipinski definition) is 0. The van der Waals surface area contributed by atoms with Crippen molar-refractivity contribution in [1.29, 1.82) is 0 Å². The van der Waals surface area contributed by atoms with Crippen molar-refractivity contribution in [1.82, 2.24) is 0 Å². The highest BCUT2D eigenvalue weighted by Gasteiger charge is 2.26. The van der Waals surface area contributed by atoms with Crippen molar-refractivity contribution in [2.45, 2.75) is 47.3 Å². The van der Waals surface area contributed by atoms with E-state index in [2.05, 4.69) is 209 Å². The first-order valence-electron chi connectivity index (χ1n) is 18.4. The van der Waals surface area contributed by atoms with Crippen LogP contribution in [0.1, 0.15) is 22.3 Å². The highest BCUT2D eigenvalue weighted by Crippen LogP contribution is 2.50. The molecule has 0 spiro atoms. The van der Waals surface area contributed by atoms with Crippen LogP contribution in [0.25, 0.3) is 32.3 Å². The lowest BCUT2D eigenvalue weighted by molar-refractivity contribution is 1.26. The van der Waals surface area contributed by atoms with E-state index >= 15 is 0 Å². The Morgan fingerprint density at radius 2 is 0.808 bits per heavy atom. The molecule has 0 aliphatic rings. The Labute approximate surface area is 309 Å². The minimum Gasteiger partial charge on any atom is -0.309 e. The lowest BCUT2D eigenvalue weighted by atomic mass is 9.93. The van der Waals surface area contributed by atoms with Crippen LogP contribution in [0.3, 0.4) is 0 Å². The SMILES string of the molecule is Cc1ccc(N(c2ccccc2)c2c3ccccc3cc3c(N(c4ccccc4)c4ccc(C)c(C)c4)c4ccc([Si](C)(C)C)cc4cc23)cc1C. The van der Waals surface area contributed by atoms with Crippen LogP contribution in [0.5, 0.6) is 0 Å². The number of benzene rings is 8. The van der Waals surface area contributed by atoms with Gasteiger partial charge in [0, 0.05) is 44.3 Å². The molecule has 8 aromatic carbocycles. The lowest BCUT2D eigenvalue weighted by Crippen LogP contribution is -2.37. The second kappa shape index (κ2) is 13.2. The highest BCUT2D eigenvalue weighted by molar-refractivity contribution is 6.88. The fourth-order valence-corrected chi connectivity index (χ4v) is 8.70.